The van der Waals surface area contributed by atoms with Gasteiger partial charge in [-0.15, -0.1) is 11.3 Å². The third kappa shape index (κ3) is 4.50. The summed E-state index contributed by atoms with van der Waals surface area (Å²) in [5.74, 6) is 1.41. The summed E-state index contributed by atoms with van der Waals surface area (Å²) in [6, 6.07) is 7.96. The molecule has 2 aromatic rings. The highest BCUT2D eigenvalue weighted by molar-refractivity contribution is 9.11. The van der Waals surface area contributed by atoms with Gasteiger partial charge in [0, 0.05) is 17.5 Å². The van der Waals surface area contributed by atoms with Crippen LogP contribution in [0.3, 0.4) is 0 Å². The minimum atomic E-state index is 0.236. The molecule has 0 aromatic carbocycles. The molecule has 0 spiro atoms. The van der Waals surface area contributed by atoms with E-state index in [1.807, 2.05) is 6.07 Å². The molecule has 2 rings (SSSR count). The Morgan fingerprint density at radius 1 is 1.26 bits per heavy atom. The summed E-state index contributed by atoms with van der Waals surface area (Å²) in [5, 5.41) is 14.6. The first-order chi connectivity index (χ1) is 9.28. The molecular formula is C12H12BrN5S. The summed E-state index contributed by atoms with van der Waals surface area (Å²) in [5.41, 5.74) is 0. The van der Waals surface area contributed by atoms with Crippen LogP contribution in [-0.4, -0.2) is 23.1 Å². The van der Waals surface area contributed by atoms with Gasteiger partial charge in [-0.3, -0.25) is 0 Å². The van der Waals surface area contributed by atoms with E-state index in [4.69, 9.17) is 5.26 Å². The topological polar surface area (TPSA) is 73.6 Å². The molecule has 2 N–H and O–H groups in total. The van der Waals surface area contributed by atoms with E-state index in [0.29, 0.717) is 5.82 Å². The fourth-order valence-corrected chi connectivity index (χ4v) is 2.96. The first-order valence-corrected chi connectivity index (χ1v) is 7.30. The van der Waals surface area contributed by atoms with Crippen LogP contribution in [0.25, 0.3) is 0 Å². The van der Waals surface area contributed by atoms with E-state index >= 15 is 0 Å². The first kappa shape index (κ1) is 13.8. The SMILES string of the molecule is N#CCNc1cc(NCCc2ccc(Br)s2)ncn1. The molecule has 2 heterocycles. The molecular weight excluding hydrogens is 326 g/mol. The lowest BCUT2D eigenvalue weighted by Crippen LogP contribution is -2.07. The summed E-state index contributed by atoms with van der Waals surface area (Å²) >= 11 is 5.18. The van der Waals surface area contributed by atoms with Crippen molar-refractivity contribution in [1.82, 2.24) is 9.97 Å². The van der Waals surface area contributed by atoms with Crippen LogP contribution in [0, 0.1) is 11.3 Å². The number of halogens is 1. The summed E-state index contributed by atoms with van der Waals surface area (Å²) in [4.78, 5) is 9.48. The zero-order valence-corrected chi connectivity index (χ0v) is 12.5. The van der Waals surface area contributed by atoms with Gasteiger partial charge < -0.3 is 10.6 Å². The molecule has 0 fully saturated rings. The van der Waals surface area contributed by atoms with Crippen LogP contribution in [0.2, 0.25) is 0 Å². The van der Waals surface area contributed by atoms with Crippen LogP contribution in [-0.2, 0) is 6.42 Å². The monoisotopic (exact) mass is 337 g/mol. The normalized spacial score (nSPS) is 9.89. The fourth-order valence-electron chi connectivity index (χ4n) is 1.48. The maximum absolute atomic E-state index is 8.49. The number of hydrogen-bond acceptors (Lipinski definition) is 6. The minimum absolute atomic E-state index is 0.236. The van der Waals surface area contributed by atoms with Gasteiger partial charge in [-0.1, -0.05) is 0 Å². The maximum atomic E-state index is 8.49. The van der Waals surface area contributed by atoms with Gasteiger partial charge in [0.2, 0.25) is 0 Å². The van der Waals surface area contributed by atoms with Crippen LogP contribution in [0.4, 0.5) is 11.6 Å². The zero-order chi connectivity index (χ0) is 13.5. The quantitative estimate of drug-likeness (QED) is 0.793. The predicted molar refractivity (Wildman–Crippen MR) is 80.3 cm³/mol. The van der Waals surface area contributed by atoms with E-state index in [0.717, 1.165) is 22.6 Å². The lowest BCUT2D eigenvalue weighted by molar-refractivity contribution is 1.02. The van der Waals surface area contributed by atoms with Crippen molar-refractivity contribution in [3.8, 4) is 6.07 Å². The molecule has 5 nitrogen and oxygen atoms in total. The minimum Gasteiger partial charge on any atom is -0.370 e. The van der Waals surface area contributed by atoms with Crippen molar-refractivity contribution in [2.24, 2.45) is 0 Å². The van der Waals surface area contributed by atoms with E-state index in [1.54, 1.807) is 17.4 Å². The van der Waals surface area contributed by atoms with Crippen molar-refractivity contribution < 1.29 is 0 Å². The van der Waals surface area contributed by atoms with E-state index in [1.165, 1.54) is 11.2 Å². The molecule has 2 aromatic heterocycles. The molecule has 0 aliphatic carbocycles. The lowest BCUT2D eigenvalue weighted by atomic mass is 10.3. The lowest BCUT2D eigenvalue weighted by Gasteiger charge is -2.06. The maximum Gasteiger partial charge on any atom is 0.132 e. The van der Waals surface area contributed by atoms with Gasteiger partial charge in [0.1, 0.15) is 24.5 Å². The van der Waals surface area contributed by atoms with E-state index in [-0.39, 0.29) is 6.54 Å². The Labute approximate surface area is 123 Å². The Balaban J connectivity index is 1.84. The molecule has 7 heteroatoms. The second-order valence-electron chi connectivity index (χ2n) is 3.68. The number of rotatable bonds is 6. The highest BCUT2D eigenvalue weighted by Gasteiger charge is 2.00. The molecule has 19 heavy (non-hydrogen) atoms. The first-order valence-electron chi connectivity index (χ1n) is 5.69. The van der Waals surface area contributed by atoms with E-state index in [2.05, 4.69) is 48.7 Å². The second kappa shape index (κ2) is 7.07. The number of nitrogens with zero attached hydrogens (tertiary/aromatic N) is 3. The molecule has 0 saturated heterocycles. The fraction of sp³-hybridized carbons (Fsp3) is 0.250. The molecule has 0 amide bonds. The van der Waals surface area contributed by atoms with Crippen LogP contribution in [0.15, 0.2) is 28.3 Å². The number of thiophene rings is 1. The number of nitriles is 1. The summed E-state index contributed by atoms with van der Waals surface area (Å²) in [7, 11) is 0. The molecule has 0 radical (unpaired) electrons. The standard InChI is InChI=1S/C12H12BrN5S/c13-10-2-1-9(19-10)3-5-15-11-7-12(16-6-4-14)18-8-17-11/h1-2,7-8H,3,5-6H2,(H2,15,16,17,18). The zero-order valence-electron chi connectivity index (χ0n) is 10.1. The third-order valence-electron chi connectivity index (χ3n) is 2.32. The Hall–Kier alpha value is -1.65. The van der Waals surface area contributed by atoms with Crippen LogP contribution < -0.4 is 10.6 Å². The Morgan fingerprint density at radius 3 is 2.74 bits per heavy atom. The molecule has 0 saturated carbocycles. The third-order valence-corrected chi connectivity index (χ3v) is 4.01. The predicted octanol–water partition coefficient (Wildman–Crippen LogP) is 2.89. The van der Waals surface area contributed by atoms with Crippen molar-refractivity contribution in [2.75, 3.05) is 23.7 Å². The van der Waals surface area contributed by atoms with Crippen molar-refractivity contribution in [3.05, 3.63) is 33.2 Å². The highest BCUT2D eigenvalue weighted by Crippen LogP contribution is 2.22. The van der Waals surface area contributed by atoms with Gasteiger partial charge in [0.05, 0.1) is 9.86 Å². The van der Waals surface area contributed by atoms with Crippen molar-refractivity contribution >= 4 is 38.9 Å². The second-order valence-corrected chi connectivity index (χ2v) is 6.23. The smallest absolute Gasteiger partial charge is 0.132 e. The summed E-state index contributed by atoms with van der Waals surface area (Å²) < 4.78 is 1.15. The summed E-state index contributed by atoms with van der Waals surface area (Å²) in [6.07, 6.45) is 2.42. The molecule has 0 aliphatic rings. The summed E-state index contributed by atoms with van der Waals surface area (Å²) in [6.45, 7) is 1.04. The molecule has 0 aliphatic heterocycles. The highest BCUT2D eigenvalue weighted by atomic mass is 79.9. The molecule has 98 valence electrons. The molecule has 0 atom stereocenters. The van der Waals surface area contributed by atoms with Crippen LogP contribution >= 0.6 is 27.3 Å². The van der Waals surface area contributed by atoms with Crippen molar-refractivity contribution in [2.45, 2.75) is 6.42 Å². The van der Waals surface area contributed by atoms with Crippen LogP contribution in [0.5, 0.6) is 0 Å². The number of aromatic nitrogens is 2. The Bertz CT molecular complexity index is 577. The average Bonchev–Trinajstić information content (AvgIpc) is 2.83. The average molecular weight is 338 g/mol. The molecule has 0 bridgehead atoms. The van der Waals surface area contributed by atoms with Gasteiger partial charge >= 0.3 is 0 Å². The number of nitrogens with one attached hydrogen (secondary N) is 2. The Kier molecular flexibility index (Phi) is 5.12. The van der Waals surface area contributed by atoms with Gasteiger partial charge in [0.25, 0.3) is 0 Å². The van der Waals surface area contributed by atoms with Gasteiger partial charge in [-0.05, 0) is 34.5 Å². The van der Waals surface area contributed by atoms with Gasteiger partial charge in [-0.2, -0.15) is 5.26 Å². The van der Waals surface area contributed by atoms with Gasteiger partial charge in [-0.25, -0.2) is 9.97 Å². The van der Waals surface area contributed by atoms with E-state index < -0.39 is 0 Å². The van der Waals surface area contributed by atoms with E-state index in [9.17, 15) is 0 Å². The van der Waals surface area contributed by atoms with Crippen molar-refractivity contribution in [1.29, 1.82) is 5.26 Å². The van der Waals surface area contributed by atoms with Gasteiger partial charge in [0.15, 0.2) is 0 Å². The van der Waals surface area contributed by atoms with Crippen molar-refractivity contribution in [3.63, 3.8) is 0 Å². The number of hydrogen-bond donors (Lipinski definition) is 2. The Morgan fingerprint density at radius 2 is 2.05 bits per heavy atom. The number of anilines is 2. The molecule has 0 unspecified atom stereocenters. The van der Waals surface area contributed by atoms with Crippen LogP contribution in [0.1, 0.15) is 4.88 Å². The largest absolute Gasteiger partial charge is 0.370 e.